The molecule has 0 aliphatic carbocycles. The highest BCUT2D eigenvalue weighted by Gasteiger charge is 2.28. The average Bonchev–Trinajstić information content (AvgIpc) is 3.14. The van der Waals surface area contributed by atoms with Crippen molar-refractivity contribution in [2.24, 2.45) is 5.92 Å². The van der Waals surface area contributed by atoms with Gasteiger partial charge in [0.05, 0.1) is 12.3 Å². The molecule has 3 rings (SSSR count). The van der Waals surface area contributed by atoms with E-state index < -0.39 is 0 Å². The fourth-order valence-corrected chi connectivity index (χ4v) is 3.84. The lowest BCUT2D eigenvalue weighted by Crippen LogP contribution is -2.41. The van der Waals surface area contributed by atoms with Crippen LogP contribution in [0.3, 0.4) is 0 Å². The number of amides is 1. The Hall–Kier alpha value is -1.99. The van der Waals surface area contributed by atoms with Gasteiger partial charge in [-0.05, 0) is 38.3 Å². The zero-order valence-electron chi connectivity index (χ0n) is 16.6. The second kappa shape index (κ2) is 8.80. The highest BCUT2D eigenvalue weighted by atomic mass is 16.3. The first-order valence-electron chi connectivity index (χ1n) is 10.1. The van der Waals surface area contributed by atoms with Crippen molar-refractivity contribution < 1.29 is 9.90 Å². The number of aromatic nitrogens is 3. The van der Waals surface area contributed by atoms with Crippen LogP contribution >= 0.6 is 0 Å². The Morgan fingerprint density at radius 2 is 1.96 bits per heavy atom. The summed E-state index contributed by atoms with van der Waals surface area (Å²) in [4.78, 5) is 21.6. The smallest absolute Gasteiger partial charge is 0.259 e. The fraction of sp³-hybridized carbons (Fsp3) is 0.650. The van der Waals surface area contributed by atoms with Crippen LogP contribution in [0.1, 0.15) is 56.0 Å². The van der Waals surface area contributed by atoms with Gasteiger partial charge in [-0.25, -0.2) is 9.50 Å². The Morgan fingerprint density at radius 3 is 2.59 bits per heavy atom. The van der Waals surface area contributed by atoms with E-state index in [0.29, 0.717) is 30.2 Å². The predicted octanol–water partition coefficient (Wildman–Crippen LogP) is 2.19. The molecule has 1 aliphatic rings. The standard InChI is InChI=1S/C20H31N5O2/c1-4-18(26)16-7-9-24(10-8-16)20(27)17-12-22-25-14-15(11-21-19(17)25)13-23(5-2)6-3/h11-12,14,16,18,26H,4-10,13H2,1-3H3. The summed E-state index contributed by atoms with van der Waals surface area (Å²) >= 11 is 0. The van der Waals surface area contributed by atoms with Crippen molar-refractivity contribution in [2.45, 2.75) is 52.7 Å². The van der Waals surface area contributed by atoms with E-state index in [0.717, 1.165) is 44.5 Å². The highest BCUT2D eigenvalue weighted by molar-refractivity contribution is 5.99. The Morgan fingerprint density at radius 1 is 1.26 bits per heavy atom. The molecule has 7 heteroatoms. The fourth-order valence-electron chi connectivity index (χ4n) is 3.84. The van der Waals surface area contributed by atoms with Crippen molar-refractivity contribution in [3.05, 3.63) is 29.7 Å². The molecule has 1 fully saturated rings. The van der Waals surface area contributed by atoms with Gasteiger partial charge in [-0.15, -0.1) is 0 Å². The van der Waals surface area contributed by atoms with Crippen LogP contribution in [0.5, 0.6) is 0 Å². The number of nitrogens with zero attached hydrogens (tertiary/aromatic N) is 5. The lowest BCUT2D eigenvalue weighted by Gasteiger charge is -2.33. The summed E-state index contributed by atoms with van der Waals surface area (Å²) in [6.07, 6.45) is 7.63. The normalized spacial score (nSPS) is 17.0. The molecule has 1 unspecified atom stereocenters. The Bertz CT molecular complexity index is 763. The van der Waals surface area contributed by atoms with Gasteiger partial charge in [0.1, 0.15) is 5.56 Å². The number of hydrogen-bond donors (Lipinski definition) is 1. The Balaban J connectivity index is 1.71. The van der Waals surface area contributed by atoms with E-state index in [2.05, 4.69) is 28.8 Å². The number of rotatable bonds is 7. The van der Waals surface area contributed by atoms with Crippen LogP contribution in [0.25, 0.3) is 5.65 Å². The molecule has 2 aromatic rings. The summed E-state index contributed by atoms with van der Waals surface area (Å²) in [6, 6.07) is 0. The molecule has 1 aliphatic heterocycles. The maximum atomic E-state index is 12.9. The molecule has 27 heavy (non-hydrogen) atoms. The monoisotopic (exact) mass is 373 g/mol. The summed E-state index contributed by atoms with van der Waals surface area (Å²) in [5.41, 5.74) is 2.25. The van der Waals surface area contributed by atoms with E-state index in [9.17, 15) is 9.90 Å². The summed E-state index contributed by atoms with van der Waals surface area (Å²) < 4.78 is 1.71. The average molecular weight is 374 g/mol. The van der Waals surface area contributed by atoms with Crippen LogP contribution in [0.4, 0.5) is 0 Å². The van der Waals surface area contributed by atoms with Gasteiger partial charge in [0, 0.05) is 37.6 Å². The molecule has 0 radical (unpaired) electrons. The van der Waals surface area contributed by atoms with Crippen LogP contribution < -0.4 is 0 Å². The van der Waals surface area contributed by atoms with Gasteiger partial charge in [-0.3, -0.25) is 9.69 Å². The number of fused-ring (bicyclic) bond motifs is 1. The molecular weight excluding hydrogens is 342 g/mol. The minimum Gasteiger partial charge on any atom is -0.393 e. The van der Waals surface area contributed by atoms with Gasteiger partial charge in [0.2, 0.25) is 0 Å². The molecule has 0 aromatic carbocycles. The van der Waals surface area contributed by atoms with Crippen LogP contribution in [0.2, 0.25) is 0 Å². The second-order valence-electron chi connectivity index (χ2n) is 7.36. The molecule has 1 saturated heterocycles. The number of carbonyl (C=O) groups excluding carboxylic acids is 1. The van der Waals surface area contributed by atoms with E-state index in [1.54, 1.807) is 10.7 Å². The summed E-state index contributed by atoms with van der Waals surface area (Å²) in [6.45, 7) is 10.4. The molecule has 2 aromatic heterocycles. The lowest BCUT2D eigenvalue weighted by atomic mass is 9.90. The van der Waals surface area contributed by atoms with Crippen LogP contribution in [0.15, 0.2) is 18.6 Å². The van der Waals surface area contributed by atoms with Crippen molar-refractivity contribution in [1.29, 1.82) is 0 Å². The maximum absolute atomic E-state index is 12.9. The molecule has 1 atom stereocenters. The largest absolute Gasteiger partial charge is 0.393 e. The quantitative estimate of drug-likeness (QED) is 0.805. The van der Waals surface area contributed by atoms with Crippen LogP contribution in [-0.4, -0.2) is 67.7 Å². The van der Waals surface area contributed by atoms with E-state index >= 15 is 0 Å². The zero-order chi connectivity index (χ0) is 19.4. The summed E-state index contributed by atoms with van der Waals surface area (Å²) in [5, 5.41) is 14.4. The van der Waals surface area contributed by atoms with Gasteiger partial charge in [0.25, 0.3) is 5.91 Å². The number of piperidine rings is 1. The first-order chi connectivity index (χ1) is 13.1. The van der Waals surface area contributed by atoms with Gasteiger partial charge in [-0.2, -0.15) is 5.10 Å². The van der Waals surface area contributed by atoms with Crippen LogP contribution in [-0.2, 0) is 6.54 Å². The number of carbonyl (C=O) groups is 1. The second-order valence-corrected chi connectivity index (χ2v) is 7.36. The van der Waals surface area contributed by atoms with Crippen molar-refractivity contribution >= 4 is 11.6 Å². The number of aliphatic hydroxyl groups excluding tert-OH is 1. The van der Waals surface area contributed by atoms with E-state index in [1.165, 1.54) is 0 Å². The lowest BCUT2D eigenvalue weighted by molar-refractivity contribution is 0.0455. The maximum Gasteiger partial charge on any atom is 0.259 e. The Kier molecular flexibility index (Phi) is 6.44. The highest BCUT2D eigenvalue weighted by Crippen LogP contribution is 2.24. The van der Waals surface area contributed by atoms with Gasteiger partial charge in [0.15, 0.2) is 5.65 Å². The van der Waals surface area contributed by atoms with Crippen LogP contribution in [0, 0.1) is 5.92 Å². The topological polar surface area (TPSA) is 74.0 Å². The molecule has 1 amide bonds. The van der Waals surface area contributed by atoms with Crippen molar-refractivity contribution in [1.82, 2.24) is 24.4 Å². The van der Waals surface area contributed by atoms with Crippen molar-refractivity contribution in [2.75, 3.05) is 26.2 Å². The van der Waals surface area contributed by atoms with Gasteiger partial charge < -0.3 is 10.0 Å². The minimum atomic E-state index is -0.259. The summed E-state index contributed by atoms with van der Waals surface area (Å²) in [7, 11) is 0. The molecule has 148 valence electrons. The molecular formula is C20H31N5O2. The minimum absolute atomic E-state index is 0.0153. The summed E-state index contributed by atoms with van der Waals surface area (Å²) in [5.74, 6) is 0.280. The van der Waals surface area contributed by atoms with Gasteiger partial charge in [-0.1, -0.05) is 20.8 Å². The van der Waals surface area contributed by atoms with Crippen molar-refractivity contribution in [3.8, 4) is 0 Å². The SMILES string of the molecule is CCC(O)C1CCN(C(=O)c2cnn3cc(CN(CC)CC)cnc23)CC1. The third-order valence-electron chi connectivity index (χ3n) is 5.73. The third-order valence-corrected chi connectivity index (χ3v) is 5.73. The first kappa shape index (κ1) is 19.8. The number of likely N-dealkylation sites (tertiary alicyclic amines) is 1. The van der Waals surface area contributed by atoms with Crippen molar-refractivity contribution in [3.63, 3.8) is 0 Å². The molecule has 0 bridgehead atoms. The molecule has 0 spiro atoms. The zero-order valence-corrected chi connectivity index (χ0v) is 16.6. The number of hydrogen-bond acceptors (Lipinski definition) is 5. The third kappa shape index (κ3) is 4.30. The number of aliphatic hydroxyl groups is 1. The Labute approximate surface area is 161 Å². The van der Waals surface area contributed by atoms with E-state index in [1.807, 2.05) is 24.2 Å². The molecule has 7 nitrogen and oxygen atoms in total. The first-order valence-corrected chi connectivity index (χ1v) is 10.1. The van der Waals surface area contributed by atoms with E-state index in [4.69, 9.17) is 0 Å². The van der Waals surface area contributed by atoms with Gasteiger partial charge >= 0.3 is 0 Å². The molecule has 1 N–H and O–H groups in total. The van der Waals surface area contributed by atoms with E-state index in [-0.39, 0.29) is 12.0 Å². The molecule has 3 heterocycles. The molecule has 0 saturated carbocycles. The predicted molar refractivity (Wildman–Crippen MR) is 105 cm³/mol.